The van der Waals surface area contributed by atoms with Crippen LogP contribution >= 0.6 is 0 Å². The molecule has 0 saturated carbocycles. The number of aromatic nitrogens is 1. The lowest BCUT2D eigenvalue weighted by Crippen LogP contribution is -2.10. The molecule has 168 valence electrons. The molecule has 0 spiro atoms. The molecule has 0 aliphatic heterocycles. The van der Waals surface area contributed by atoms with E-state index in [1.54, 1.807) is 37.3 Å². The monoisotopic (exact) mass is 437 g/mol. The molecule has 3 rings (SSSR count). The first-order chi connectivity index (χ1) is 15.2. The summed E-state index contributed by atoms with van der Waals surface area (Å²) in [7, 11) is 0. The van der Waals surface area contributed by atoms with Gasteiger partial charge < -0.3 is 19.4 Å². The topological polar surface area (TPSA) is 110 Å². The summed E-state index contributed by atoms with van der Waals surface area (Å²) in [6.45, 7) is 7.20. The fraction of sp³-hybridized carbons (Fsp3) is 0.320. The standard InChI is InChI=1S/C25H27NO6/c1-14(2)24-19(26-25(32-24)18-7-5-15(3)11-21(18)28)8-9-20(27)17-6-10-22(16(4)12-17)31-13-23(29)30/h5-7,10-12,14,28H,8-9,13H2,1-4H3,(H,29,30). The number of ether oxygens (including phenoxy) is 1. The molecule has 2 aromatic carbocycles. The van der Waals surface area contributed by atoms with E-state index in [4.69, 9.17) is 14.3 Å². The molecule has 0 radical (unpaired) electrons. The molecule has 1 aromatic heterocycles. The highest BCUT2D eigenvalue weighted by Gasteiger charge is 2.20. The van der Waals surface area contributed by atoms with Crippen LogP contribution in [-0.2, 0) is 11.2 Å². The van der Waals surface area contributed by atoms with Crippen molar-refractivity contribution in [1.29, 1.82) is 0 Å². The second-order valence-electron chi connectivity index (χ2n) is 8.09. The van der Waals surface area contributed by atoms with Crippen LogP contribution in [0.5, 0.6) is 11.5 Å². The number of hydrogen-bond donors (Lipinski definition) is 2. The third kappa shape index (κ3) is 5.35. The minimum Gasteiger partial charge on any atom is -0.507 e. The van der Waals surface area contributed by atoms with Gasteiger partial charge in [-0.1, -0.05) is 19.9 Å². The first-order valence-corrected chi connectivity index (χ1v) is 10.4. The van der Waals surface area contributed by atoms with Crippen LogP contribution < -0.4 is 4.74 Å². The molecular formula is C25H27NO6. The lowest BCUT2D eigenvalue weighted by atomic mass is 10.0. The Morgan fingerprint density at radius 2 is 1.88 bits per heavy atom. The number of benzene rings is 2. The highest BCUT2D eigenvalue weighted by molar-refractivity contribution is 5.96. The van der Waals surface area contributed by atoms with Crippen molar-refractivity contribution in [3.05, 3.63) is 64.5 Å². The Hall–Kier alpha value is -3.61. The van der Waals surface area contributed by atoms with E-state index in [-0.39, 0.29) is 23.9 Å². The third-order valence-corrected chi connectivity index (χ3v) is 5.07. The summed E-state index contributed by atoms with van der Waals surface area (Å²) in [6.07, 6.45) is 0.638. The normalized spacial score (nSPS) is 11.0. The van der Waals surface area contributed by atoms with Crippen LogP contribution in [-0.4, -0.2) is 33.6 Å². The number of aliphatic carboxylic acids is 1. The van der Waals surface area contributed by atoms with Gasteiger partial charge in [-0.2, -0.15) is 0 Å². The summed E-state index contributed by atoms with van der Waals surface area (Å²) in [5.41, 5.74) is 3.36. The Bertz CT molecular complexity index is 1150. The zero-order valence-corrected chi connectivity index (χ0v) is 18.6. The number of carbonyl (C=O) groups is 2. The quantitative estimate of drug-likeness (QED) is 0.450. The van der Waals surface area contributed by atoms with Gasteiger partial charge >= 0.3 is 5.97 Å². The number of nitrogens with zero attached hydrogens (tertiary/aromatic N) is 1. The number of oxazole rings is 1. The minimum absolute atomic E-state index is 0.0599. The van der Waals surface area contributed by atoms with E-state index in [1.807, 2.05) is 26.8 Å². The summed E-state index contributed by atoms with van der Waals surface area (Å²) < 4.78 is 11.2. The molecule has 0 saturated heterocycles. The Morgan fingerprint density at radius 1 is 1.12 bits per heavy atom. The zero-order valence-electron chi connectivity index (χ0n) is 18.6. The molecule has 0 unspecified atom stereocenters. The van der Waals surface area contributed by atoms with E-state index in [0.717, 1.165) is 5.56 Å². The predicted molar refractivity (Wildman–Crippen MR) is 119 cm³/mol. The van der Waals surface area contributed by atoms with E-state index in [0.29, 0.717) is 46.2 Å². The van der Waals surface area contributed by atoms with E-state index >= 15 is 0 Å². The van der Waals surface area contributed by atoms with E-state index in [1.165, 1.54) is 0 Å². The molecule has 2 N–H and O–H groups in total. The van der Waals surface area contributed by atoms with Gasteiger partial charge in [-0.15, -0.1) is 0 Å². The lowest BCUT2D eigenvalue weighted by Gasteiger charge is -2.09. The second kappa shape index (κ2) is 9.68. The van der Waals surface area contributed by atoms with Crippen molar-refractivity contribution in [1.82, 2.24) is 4.98 Å². The molecule has 0 bridgehead atoms. The van der Waals surface area contributed by atoms with Crippen LogP contribution in [0.2, 0.25) is 0 Å². The maximum atomic E-state index is 12.8. The fourth-order valence-electron chi connectivity index (χ4n) is 3.43. The summed E-state index contributed by atoms with van der Waals surface area (Å²) in [6, 6.07) is 10.2. The van der Waals surface area contributed by atoms with Crippen LogP contribution in [0.3, 0.4) is 0 Å². The Morgan fingerprint density at radius 3 is 2.50 bits per heavy atom. The average Bonchev–Trinajstić information content (AvgIpc) is 3.15. The first-order valence-electron chi connectivity index (χ1n) is 10.4. The number of phenolic OH excluding ortho intramolecular Hbond substituents is 1. The van der Waals surface area contributed by atoms with E-state index in [2.05, 4.69) is 4.98 Å². The van der Waals surface area contributed by atoms with Gasteiger partial charge in [0, 0.05) is 24.3 Å². The summed E-state index contributed by atoms with van der Waals surface area (Å²) >= 11 is 0. The van der Waals surface area contributed by atoms with Crippen LogP contribution in [0.25, 0.3) is 11.5 Å². The first kappa shape index (κ1) is 23.1. The molecular weight excluding hydrogens is 410 g/mol. The van der Waals surface area contributed by atoms with Gasteiger partial charge in [-0.3, -0.25) is 4.79 Å². The van der Waals surface area contributed by atoms with Gasteiger partial charge in [-0.05, 0) is 55.3 Å². The molecule has 0 amide bonds. The van der Waals surface area contributed by atoms with Gasteiger partial charge in [0.2, 0.25) is 5.89 Å². The maximum Gasteiger partial charge on any atom is 0.341 e. The molecule has 0 aliphatic rings. The number of carbonyl (C=O) groups excluding carboxylic acids is 1. The van der Waals surface area contributed by atoms with Gasteiger partial charge in [0.25, 0.3) is 0 Å². The van der Waals surface area contributed by atoms with Crippen molar-refractivity contribution in [3.63, 3.8) is 0 Å². The number of carboxylic acid groups (broad SMARTS) is 1. The molecule has 3 aromatic rings. The van der Waals surface area contributed by atoms with Crippen molar-refractivity contribution in [3.8, 4) is 23.0 Å². The largest absolute Gasteiger partial charge is 0.507 e. The van der Waals surface area contributed by atoms with Crippen LogP contribution in [0.4, 0.5) is 0 Å². The number of carboxylic acids is 1. The highest BCUT2D eigenvalue weighted by Crippen LogP contribution is 2.33. The molecule has 1 heterocycles. The summed E-state index contributed by atoms with van der Waals surface area (Å²) in [5.74, 6) is 0.523. The smallest absolute Gasteiger partial charge is 0.341 e. The highest BCUT2D eigenvalue weighted by atomic mass is 16.5. The Kier molecular flexibility index (Phi) is 6.98. The average molecular weight is 437 g/mol. The molecule has 0 atom stereocenters. The fourth-order valence-corrected chi connectivity index (χ4v) is 3.43. The van der Waals surface area contributed by atoms with Gasteiger partial charge in [-0.25, -0.2) is 9.78 Å². The SMILES string of the molecule is Cc1ccc(-c2nc(CCC(=O)c3ccc(OCC(=O)O)c(C)c3)c(C(C)C)o2)c(O)c1. The van der Waals surface area contributed by atoms with Crippen molar-refractivity contribution >= 4 is 11.8 Å². The van der Waals surface area contributed by atoms with Crippen molar-refractivity contribution in [2.45, 2.75) is 46.5 Å². The van der Waals surface area contributed by atoms with Crippen molar-refractivity contribution < 1.29 is 29.0 Å². The van der Waals surface area contributed by atoms with Gasteiger partial charge in [0.1, 0.15) is 17.3 Å². The Balaban J connectivity index is 1.76. The molecule has 0 fully saturated rings. The predicted octanol–water partition coefficient (Wildman–Crippen LogP) is 5.07. The van der Waals surface area contributed by atoms with Gasteiger partial charge in [0.15, 0.2) is 12.4 Å². The number of aromatic hydroxyl groups is 1. The van der Waals surface area contributed by atoms with E-state index in [9.17, 15) is 14.7 Å². The van der Waals surface area contributed by atoms with Crippen LogP contribution in [0.1, 0.15) is 59.1 Å². The number of hydrogen-bond acceptors (Lipinski definition) is 6. The van der Waals surface area contributed by atoms with Gasteiger partial charge in [0.05, 0.1) is 11.3 Å². The number of rotatable bonds is 9. The Labute approximate surface area is 186 Å². The molecule has 0 aliphatic carbocycles. The number of aryl methyl sites for hydroxylation is 3. The summed E-state index contributed by atoms with van der Waals surface area (Å²) in [5, 5.41) is 19.0. The second-order valence-corrected chi connectivity index (χ2v) is 8.09. The van der Waals surface area contributed by atoms with Crippen molar-refractivity contribution in [2.24, 2.45) is 0 Å². The maximum absolute atomic E-state index is 12.8. The number of phenols is 1. The third-order valence-electron chi connectivity index (χ3n) is 5.07. The molecule has 7 nitrogen and oxygen atoms in total. The number of ketones is 1. The molecule has 32 heavy (non-hydrogen) atoms. The van der Waals surface area contributed by atoms with Crippen LogP contribution in [0.15, 0.2) is 40.8 Å². The van der Waals surface area contributed by atoms with Crippen molar-refractivity contribution in [2.75, 3.05) is 6.61 Å². The lowest BCUT2D eigenvalue weighted by molar-refractivity contribution is -0.139. The van der Waals surface area contributed by atoms with Crippen LogP contribution in [0, 0.1) is 13.8 Å². The minimum atomic E-state index is -1.06. The zero-order chi connectivity index (χ0) is 23.4. The van der Waals surface area contributed by atoms with E-state index < -0.39 is 12.6 Å². The summed E-state index contributed by atoms with van der Waals surface area (Å²) in [4.78, 5) is 28.0. The number of Topliss-reactive ketones (excluding diaryl/α,β-unsaturated/α-hetero) is 1. The molecule has 7 heteroatoms.